The third kappa shape index (κ3) is 8.15. The van der Waals surface area contributed by atoms with Gasteiger partial charge in [0.1, 0.15) is 11.6 Å². The van der Waals surface area contributed by atoms with Crippen LogP contribution in [-0.2, 0) is 21.7 Å². The Bertz CT molecular complexity index is 4070. The maximum absolute atomic E-state index is 5.37. The lowest BCUT2D eigenvalue weighted by molar-refractivity contribution is 0.590. The summed E-state index contributed by atoms with van der Waals surface area (Å²) in [6.07, 6.45) is 0. The van der Waals surface area contributed by atoms with Crippen LogP contribution in [0.2, 0.25) is 0 Å². The van der Waals surface area contributed by atoms with Crippen LogP contribution in [-0.4, -0.2) is 28.2 Å². The predicted octanol–water partition coefficient (Wildman–Crippen LogP) is 19.1. The molecule has 6 nitrogen and oxygen atoms in total. The van der Waals surface area contributed by atoms with Crippen molar-refractivity contribution in [3.05, 3.63) is 216 Å². The number of fused-ring (bicyclic) bond motifs is 8. The highest BCUT2D eigenvalue weighted by Crippen LogP contribution is 2.41. The maximum Gasteiger partial charge on any atom is 0.145 e. The highest BCUT2D eigenvalue weighted by atomic mass is 15.1. The molecule has 13 aromatic rings. The van der Waals surface area contributed by atoms with Crippen molar-refractivity contribution in [1.29, 1.82) is 0 Å². The first kappa shape index (κ1) is 49.1. The molecule has 0 atom stereocenters. The Morgan fingerprint density at radius 2 is 0.538 bits per heavy atom. The molecule has 0 saturated heterocycles. The number of imidazole rings is 2. The van der Waals surface area contributed by atoms with E-state index in [9.17, 15) is 0 Å². The van der Waals surface area contributed by atoms with E-state index in [2.05, 4.69) is 295 Å². The fraction of sp³-hybridized carbons (Fsp3) is 0.222. The van der Waals surface area contributed by atoms with Crippen LogP contribution in [0.3, 0.4) is 0 Å². The van der Waals surface area contributed by atoms with E-state index in [1.165, 1.54) is 65.9 Å². The average molecular weight is 1020 g/mol. The van der Waals surface area contributed by atoms with Gasteiger partial charge < -0.3 is 9.13 Å². The Labute approximate surface area is 458 Å². The van der Waals surface area contributed by atoms with Crippen LogP contribution in [0, 0.1) is 0 Å². The van der Waals surface area contributed by atoms with Crippen LogP contribution in [0.15, 0.2) is 194 Å². The van der Waals surface area contributed by atoms with E-state index in [1.807, 2.05) is 0 Å². The summed E-state index contributed by atoms with van der Waals surface area (Å²) in [6, 6.07) is 71.8. The van der Waals surface area contributed by atoms with Crippen LogP contribution >= 0.6 is 0 Å². The van der Waals surface area contributed by atoms with E-state index >= 15 is 0 Å². The molecule has 0 N–H and O–H groups in total. The largest absolute Gasteiger partial charge is 0.309 e. The molecule has 4 heterocycles. The molecule has 0 amide bonds. The van der Waals surface area contributed by atoms with Gasteiger partial charge in [-0.1, -0.05) is 150 Å². The van der Waals surface area contributed by atoms with Gasteiger partial charge in [-0.2, -0.15) is 0 Å². The highest BCUT2D eigenvalue weighted by Gasteiger charge is 2.25. The Morgan fingerprint density at radius 3 is 0.833 bits per heavy atom. The first-order valence-corrected chi connectivity index (χ1v) is 27.6. The third-order valence-corrected chi connectivity index (χ3v) is 16.2. The number of nitrogens with zero attached hydrogens (tertiary/aromatic N) is 6. The van der Waals surface area contributed by atoms with Crippen LogP contribution in [0.1, 0.15) is 105 Å². The van der Waals surface area contributed by atoms with Crippen LogP contribution in [0.5, 0.6) is 0 Å². The van der Waals surface area contributed by atoms with Gasteiger partial charge in [0.25, 0.3) is 0 Å². The SMILES string of the molecule is CC(C)(C)c1ccc2c(c1)c1cc(C(C)(C)C)ccc1n2-c1ccc(-n2c(-c3cccc(-c4nc5ccccc5n4-c4ccc(-n5c6ccc(C(C)(C)C)cc6c6cc(C(C)(C)C)ccc65)cc4)c3)nc3ccccc32)cc1. The summed E-state index contributed by atoms with van der Waals surface area (Å²) < 4.78 is 9.47. The molecule has 6 heteroatoms. The summed E-state index contributed by atoms with van der Waals surface area (Å²) in [7, 11) is 0. The molecule has 4 aromatic heterocycles. The van der Waals surface area contributed by atoms with Crippen LogP contribution < -0.4 is 0 Å². The minimum atomic E-state index is 0.0309. The average Bonchev–Trinajstić information content (AvgIpc) is 4.31. The van der Waals surface area contributed by atoms with Gasteiger partial charge in [0, 0.05) is 55.4 Å². The Balaban J connectivity index is 0.903. The topological polar surface area (TPSA) is 45.5 Å². The van der Waals surface area contributed by atoms with Crippen molar-refractivity contribution in [2.75, 3.05) is 0 Å². The van der Waals surface area contributed by atoms with Crippen LogP contribution in [0.25, 0.3) is 111 Å². The number of hydrogen-bond donors (Lipinski definition) is 0. The fourth-order valence-corrected chi connectivity index (χ4v) is 11.7. The van der Waals surface area contributed by atoms with E-state index in [0.717, 1.165) is 67.6 Å². The summed E-state index contributed by atoms with van der Waals surface area (Å²) in [5.41, 5.74) is 20.6. The zero-order valence-corrected chi connectivity index (χ0v) is 47.2. The number of rotatable bonds is 6. The van der Waals surface area contributed by atoms with Gasteiger partial charge >= 0.3 is 0 Å². The van der Waals surface area contributed by atoms with Gasteiger partial charge in [-0.25, -0.2) is 9.97 Å². The van der Waals surface area contributed by atoms with Gasteiger partial charge in [0.05, 0.1) is 44.1 Å². The van der Waals surface area contributed by atoms with Crippen molar-refractivity contribution in [1.82, 2.24) is 28.2 Å². The van der Waals surface area contributed by atoms with Gasteiger partial charge in [-0.15, -0.1) is 0 Å². The third-order valence-electron chi connectivity index (χ3n) is 16.2. The number of benzene rings is 9. The molecule has 0 unspecified atom stereocenters. The number of aromatic nitrogens is 6. The predicted molar refractivity (Wildman–Crippen MR) is 330 cm³/mol. The first-order valence-electron chi connectivity index (χ1n) is 27.6. The zero-order valence-electron chi connectivity index (χ0n) is 47.2. The van der Waals surface area contributed by atoms with E-state index < -0.39 is 0 Å². The molecule has 0 fully saturated rings. The van der Waals surface area contributed by atoms with Gasteiger partial charge in [-0.3, -0.25) is 9.13 Å². The standard InChI is InChI=1S/C72H68N6/c1-69(2,3)47-24-36-61-55(41-47)56-42-48(70(4,5)6)25-37-62(56)75(61)51-28-32-53(33-29-51)77-65-22-15-13-20-59(65)73-67(77)45-18-17-19-46(40-45)68-74-60-21-14-16-23-66(60)78(68)54-34-30-52(31-35-54)76-63-38-26-49(71(7,8)9)43-57(63)58-44-50(72(10,11)12)27-39-64(58)76/h13-44H,1-12H3. The number of hydrogen-bond acceptors (Lipinski definition) is 2. The smallest absolute Gasteiger partial charge is 0.145 e. The quantitative estimate of drug-likeness (QED) is 0.167. The Hall–Kier alpha value is -8.48. The highest BCUT2D eigenvalue weighted by molar-refractivity contribution is 6.11. The van der Waals surface area contributed by atoms with Crippen molar-refractivity contribution in [2.45, 2.75) is 105 Å². The summed E-state index contributed by atoms with van der Waals surface area (Å²) in [5, 5.41) is 5.13. The lowest BCUT2D eigenvalue weighted by atomic mass is 9.85. The fourth-order valence-electron chi connectivity index (χ4n) is 11.7. The summed E-state index contributed by atoms with van der Waals surface area (Å²) in [6.45, 7) is 27.5. The molecule has 78 heavy (non-hydrogen) atoms. The minimum Gasteiger partial charge on any atom is -0.309 e. The second-order valence-corrected chi connectivity index (χ2v) is 25.7. The Morgan fingerprint density at radius 1 is 0.256 bits per heavy atom. The van der Waals surface area contributed by atoms with Crippen LogP contribution in [0.4, 0.5) is 0 Å². The van der Waals surface area contributed by atoms with E-state index in [-0.39, 0.29) is 21.7 Å². The molecule has 0 spiro atoms. The van der Waals surface area contributed by atoms with E-state index in [4.69, 9.17) is 9.97 Å². The van der Waals surface area contributed by atoms with Crippen molar-refractivity contribution < 1.29 is 0 Å². The molecule has 9 aromatic carbocycles. The molecule has 0 radical (unpaired) electrons. The van der Waals surface area contributed by atoms with Gasteiger partial charge in [-0.05, 0) is 171 Å². The molecule has 0 aliphatic carbocycles. The summed E-state index contributed by atoms with van der Waals surface area (Å²) >= 11 is 0. The van der Waals surface area contributed by atoms with Crippen molar-refractivity contribution in [3.8, 4) is 45.5 Å². The van der Waals surface area contributed by atoms with E-state index in [1.54, 1.807) is 0 Å². The lowest BCUT2D eigenvalue weighted by Gasteiger charge is -2.19. The maximum atomic E-state index is 5.37. The molecule has 0 saturated carbocycles. The van der Waals surface area contributed by atoms with Crippen molar-refractivity contribution in [3.63, 3.8) is 0 Å². The zero-order chi connectivity index (χ0) is 54.2. The molecule has 386 valence electrons. The molecule has 0 bridgehead atoms. The molecule has 0 aliphatic heterocycles. The molecule has 0 aliphatic rings. The monoisotopic (exact) mass is 1020 g/mol. The molecular weight excluding hydrogens is 949 g/mol. The lowest BCUT2D eigenvalue weighted by Crippen LogP contribution is -2.10. The van der Waals surface area contributed by atoms with E-state index in [0.29, 0.717) is 0 Å². The number of para-hydroxylation sites is 4. The minimum absolute atomic E-state index is 0.0309. The van der Waals surface area contributed by atoms with Gasteiger partial charge in [0.2, 0.25) is 0 Å². The Kier molecular flexibility index (Phi) is 11.0. The van der Waals surface area contributed by atoms with Crippen molar-refractivity contribution >= 4 is 65.7 Å². The summed E-state index contributed by atoms with van der Waals surface area (Å²) in [5.74, 6) is 1.74. The molecular formula is C72H68N6. The first-order chi connectivity index (χ1) is 37.2. The normalized spacial score (nSPS) is 12.9. The molecule has 13 rings (SSSR count). The second kappa shape index (κ2) is 17.5. The summed E-state index contributed by atoms with van der Waals surface area (Å²) in [4.78, 5) is 10.7. The van der Waals surface area contributed by atoms with Gasteiger partial charge in [0.15, 0.2) is 0 Å². The van der Waals surface area contributed by atoms with Crippen molar-refractivity contribution in [2.24, 2.45) is 0 Å². The second-order valence-electron chi connectivity index (χ2n) is 25.7.